The van der Waals surface area contributed by atoms with E-state index in [4.69, 9.17) is 21.3 Å². The van der Waals surface area contributed by atoms with Crippen LogP contribution in [0.25, 0.3) is 10.9 Å². The lowest BCUT2D eigenvalue weighted by atomic mass is 10.0. The van der Waals surface area contributed by atoms with Crippen molar-refractivity contribution >= 4 is 52.0 Å². The number of H-pyrrole nitrogens is 1. The minimum absolute atomic E-state index is 0.315. The van der Waals surface area contributed by atoms with Gasteiger partial charge in [0.05, 0.1) is 18.0 Å². The Balaban J connectivity index is 1.69. The van der Waals surface area contributed by atoms with Gasteiger partial charge in [-0.25, -0.2) is 4.99 Å². The minimum atomic E-state index is -1.13. The fourth-order valence-corrected chi connectivity index (χ4v) is 4.49. The lowest BCUT2D eigenvalue weighted by Gasteiger charge is -2.28. The number of rotatable bonds is 7. The number of methoxy groups -OCH3 is 1. The van der Waals surface area contributed by atoms with Gasteiger partial charge in [0, 0.05) is 40.7 Å². The van der Waals surface area contributed by atoms with E-state index in [0.29, 0.717) is 41.8 Å². The molecule has 176 valence electrons. The van der Waals surface area contributed by atoms with Crippen LogP contribution < -0.4 is 9.80 Å². The van der Waals surface area contributed by atoms with Crippen LogP contribution in [0, 0.1) is 0 Å². The van der Waals surface area contributed by atoms with Crippen molar-refractivity contribution in [3.63, 3.8) is 0 Å². The molecular formula is C27H23ClN4O3. The van der Waals surface area contributed by atoms with Gasteiger partial charge in [0.1, 0.15) is 5.82 Å². The van der Waals surface area contributed by atoms with Crippen molar-refractivity contribution in [3.8, 4) is 0 Å². The van der Waals surface area contributed by atoms with Gasteiger partial charge in [-0.3, -0.25) is 14.5 Å². The first-order chi connectivity index (χ1) is 17.1. The van der Waals surface area contributed by atoms with E-state index >= 15 is 0 Å². The Kier molecular flexibility index (Phi) is 6.35. The summed E-state index contributed by atoms with van der Waals surface area (Å²) in [6.07, 6.45) is -0.499. The molecule has 0 spiro atoms. The number of carbonyl (C=O) groups is 2. The molecule has 0 aliphatic carbocycles. The van der Waals surface area contributed by atoms with Gasteiger partial charge in [-0.2, -0.15) is 0 Å². The highest BCUT2D eigenvalue weighted by molar-refractivity contribution is 6.31. The third kappa shape index (κ3) is 4.32. The van der Waals surface area contributed by atoms with Gasteiger partial charge in [0.15, 0.2) is 0 Å². The average molecular weight is 487 g/mol. The molecule has 2 amide bonds. The number of hydrogen-bond acceptors (Lipinski definition) is 4. The summed E-state index contributed by atoms with van der Waals surface area (Å²) in [6, 6.07) is 24.5. The van der Waals surface area contributed by atoms with E-state index in [1.807, 2.05) is 60.7 Å². The quantitative estimate of drug-likeness (QED) is 0.386. The van der Waals surface area contributed by atoms with Crippen LogP contribution in [-0.2, 0) is 14.3 Å². The number of aromatic amines is 1. The lowest BCUT2D eigenvalue weighted by Crippen LogP contribution is -2.48. The summed E-state index contributed by atoms with van der Waals surface area (Å²) in [5.74, 6) is 0.119. The molecule has 1 unspecified atom stereocenters. The van der Waals surface area contributed by atoms with Crippen molar-refractivity contribution in [1.29, 1.82) is 0 Å². The van der Waals surface area contributed by atoms with Crippen LogP contribution in [0.15, 0.2) is 83.9 Å². The number of benzodiazepines with no additional fused rings is 1. The van der Waals surface area contributed by atoms with Crippen LogP contribution in [-0.4, -0.2) is 49.4 Å². The topological polar surface area (TPSA) is 78.0 Å². The maximum absolute atomic E-state index is 14.0. The largest absolute Gasteiger partial charge is 0.383 e. The Hall–Kier alpha value is -3.94. The number of aromatic nitrogens is 1. The first kappa shape index (κ1) is 22.8. The molecule has 1 N–H and O–H groups in total. The van der Waals surface area contributed by atoms with Crippen LogP contribution in [0.4, 0.5) is 11.5 Å². The summed E-state index contributed by atoms with van der Waals surface area (Å²) >= 11 is 6.15. The zero-order valence-electron chi connectivity index (χ0n) is 19.0. The standard InChI is InChI=1S/C27H23ClN4O3/c1-35-14-13-31-23-10-6-5-9-21(23)25(18-7-3-2-4-8-18)30-26(27(31)34)32(17-33)24-16-19-15-20(28)11-12-22(19)29-24/h2-12,15-17,26,29H,13-14H2,1H3. The predicted octanol–water partition coefficient (Wildman–Crippen LogP) is 4.64. The summed E-state index contributed by atoms with van der Waals surface area (Å²) in [5.41, 5.74) is 3.80. The van der Waals surface area contributed by atoms with Gasteiger partial charge in [0.25, 0.3) is 5.91 Å². The Bertz CT molecular complexity index is 1420. The Morgan fingerprint density at radius 3 is 2.63 bits per heavy atom. The second-order valence-electron chi connectivity index (χ2n) is 8.12. The van der Waals surface area contributed by atoms with Crippen molar-refractivity contribution in [2.24, 2.45) is 4.99 Å². The maximum Gasteiger partial charge on any atom is 0.272 e. The van der Waals surface area contributed by atoms with Gasteiger partial charge in [-0.15, -0.1) is 0 Å². The van der Waals surface area contributed by atoms with E-state index in [1.54, 1.807) is 30.2 Å². The zero-order valence-corrected chi connectivity index (χ0v) is 19.8. The van der Waals surface area contributed by atoms with Crippen molar-refractivity contribution in [3.05, 3.63) is 95.0 Å². The van der Waals surface area contributed by atoms with Crippen molar-refractivity contribution in [1.82, 2.24) is 4.98 Å². The van der Waals surface area contributed by atoms with E-state index in [-0.39, 0.29) is 5.91 Å². The average Bonchev–Trinajstić information content (AvgIpc) is 3.25. The normalized spacial score (nSPS) is 15.5. The number of fused-ring (bicyclic) bond motifs is 2. The van der Waals surface area contributed by atoms with E-state index in [9.17, 15) is 9.59 Å². The fraction of sp³-hybridized carbons (Fsp3) is 0.148. The van der Waals surface area contributed by atoms with Gasteiger partial charge in [0.2, 0.25) is 12.6 Å². The molecule has 3 aromatic carbocycles. The second kappa shape index (κ2) is 9.74. The highest BCUT2D eigenvalue weighted by Gasteiger charge is 2.36. The van der Waals surface area contributed by atoms with E-state index in [2.05, 4.69) is 4.98 Å². The minimum Gasteiger partial charge on any atom is -0.383 e. The van der Waals surface area contributed by atoms with Crippen molar-refractivity contribution < 1.29 is 14.3 Å². The first-order valence-corrected chi connectivity index (χ1v) is 11.5. The van der Waals surface area contributed by atoms with Crippen LogP contribution in [0.3, 0.4) is 0 Å². The number of benzene rings is 3. The SMILES string of the molecule is COCCN1C(=O)C(N(C=O)c2cc3cc(Cl)ccc3[nH]2)N=C(c2ccccc2)c2ccccc21. The van der Waals surface area contributed by atoms with E-state index < -0.39 is 6.17 Å². The summed E-state index contributed by atoms with van der Waals surface area (Å²) < 4.78 is 5.28. The van der Waals surface area contributed by atoms with Gasteiger partial charge in [-0.1, -0.05) is 60.1 Å². The molecule has 7 nitrogen and oxygen atoms in total. The fourth-order valence-electron chi connectivity index (χ4n) is 4.31. The molecule has 0 saturated carbocycles. The van der Waals surface area contributed by atoms with Crippen LogP contribution in [0.1, 0.15) is 11.1 Å². The van der Waals surface area contributed by atoms with Gasteiger partial charge >= 0.3 is 0 Å². The smallest absolute Gasteiger partial charge is 0.272 e. The number of nitrogens with one attached hydrogen (secondary N) is 1. The summed E-state index contributed by atoms with van der Waals surface area (Å²) in [4.78, 5) is 37.5. The summed E-state index contributed by atoms with van der Waals surface area (Å²) in [5, 5.41) is 1.41. The molecular weight excluding hydrogens is 464 g/mol. The monoisotopic (exact) mass is 486 g/mol. The molecule has 0 saturated heterocycles. The van der Waals surface area contributed by atoms with E-state index in [0.717, 1.165) is 22.0 Å². The molecule has 8 heteroatoms. The maximum atomic E-state index is 14.0. The molecule has 1 atom stereocenters. The number of aliphatic imine (C=N–C) groups is 1. The predicted molar refractivity (Wildman–Crippen MR) is 138 cm³/mol. The second-order valence-corrected chi connectivity index (χ2v) is 8.55. The molecule has 1 aliphatic rings. The molecule has 0 bridgehead atoms. The van der Waals surface area contributed by atoms with Gasteiger partial charge in [-0.05, 0) is 30.3 Å². The molecule has 0 radical (unpaired) electrons. The number of amides is 2. The van der Waals surface area contributed by atoms with Crippen molar-refractivity contribution in [2.45, 2.75) is 6.17 Å². The molecule has 1 aromatic heterocycles. The number of ether oxygens (including phenoxy) is 1. The van der Waals surface area contributed by atoms with E-state index in [1.165, 1.54) is 4.90 Å². The number of carbonyl (C=O) groups excluding carboxylic acids is 2. The van der Waals surface area contributed by atoms with Crippen LogP contribution in [0.5, 0.6) is 0 Å². The Morgan fingerprint density at radius 2 is 1.86 bits per heavy atom. The number of nitrogens with zero attached hydrogens (tertiary/aromatic N) is 3. The van der Waals surface area contributed by atoms with Crippen LogP contribution in [0.2, 0.25) is 5.02 Å². The summed E-state index contributed by atoms with van der Waals surface area (Å²) in [7, 11) is 1.59. The third-order valence-electron chi connectivity index (χ3n) is 5.98. The molecule has 1 aliphatic heterocycles. The summed E-state index contributed by atoms with van der Waals surface area (Å²) in [6.45, 7) is 0.648. The lowest BCUT2D eigenvalue weighted by molar-refractivity contribution is -0.121. The van der Waals surface area contributed by atoms with Crippen molar-refractivity contribution in [2.75, 3.05) is 30.1 Å². The molecule has 4 aromatic rings. The molecule has 2 heterocycles. The highest BCUT2D eigenvalue weighted by Crippen LogP contribution is 2.31. The van der Waals surface area contributed by atoms with Crippen LogP contribution >= 0.6 is 11.6 Å². The third-order valence-corrected chi connectivity index (χ3v) is 6.21. The number of hydrogen-bond donors (Lipinski definition) is 1. The zero-order chi connectivity index (χ0) is 24.4. The Labute approximate surface area is 207 Å². The Morgan fingerprint density at radius 1 is 1.09 bits per heavy atom. The first-order valence-electron chi connectivity index (χ1n) is 11.2. The number of halogens is 1. The highest BCUT2D eigenvalue weighted by atomic mass is 35.5. The van der Waals surface area contributed by atoms with Gasteiger partial charge < -0.3 is 14.6 Å². The number of anilines is 2. The number of para-hydroxylation sites is 1. The molecule has 5 rings (SSSR count). The molecule has 35 heavy (non-hydrogen) atoms. The molecule has 0 fully saturated rings.